The van der Waals surface area contributed by atoms with Gasteiger partial charge in [-0.15, -0.1) is 0 Å². The molecule has 0 atom stereocenters. The Morgan fingerprint density at radius 3 is 2.53 bits per heavy atom. The number of allylic oxidation sites excluding steroid dienone is 3. The first-order valence-corrected chi connectivity index (χ1v) is 6.14. The van der Waals surface area contributed by atoms with E-state index in [-0.39, 0.29) is 5.78 Å². The van der Waals surface area contributed by atoms with Gasteiger partial charge in [-0.2, -0.15) is 0 Å². The Morgan fingerprint density at radius 2 is 2.00 bits per heavy atom. The lowest BCUT2D eigenvalue weighted by molar-refractivity contribution is 0.102. The minimum absolute atomic E-state index is 0.0435. The van der Waals surface area contributed by atoms with E-state index in [4.69, 9.17) is 4.74 Å². The Balaban J connectivity index is 2.68. The maximum absolute atomic E-state index is 11.4. The molecule has 1 rings (SSSR count). The van der Waals surface area contributed by atoms with Crippen LogP contribution in [0.4, 0.5) is 0 Å². The lowest BCUT2D eigenvalue weighted by Gasteiger charge is -2.05. The molecule has 1 aromatic rings. The van der Waals surface area contributed by atoms with E-state index in [1.54, 1.807) is 42.5 Å². The van der Waals surface area contributed by atoms with Crippen molar-refractivity contribution in [2.45, 2.75) is 0 Å². The average molecular weight is 293 g/mol. The summed E-state index contributed by atoms with van der Waals surface area (Å²) in [5.74, 6) is 1.21. The van der Waals surface area contributed by atoms with Gasteiger partial charge in [0, 0.05) is 5.56 Å². The van der Waals surface area contributed by atoms with Gasteiger partial charge in [-0.05, 0) is 30.3 Å². The Bertz CT molecular complexity index is 444. The highest BCUT2D eigenvalue weighted by atomic mass is 79.9. The molecule has 17 heavy (non-hydrogen) atoms. The van der Waals surface area contributed by atoms with Crippen molar-refractivity contribution in [1.82, 2.24) is 0 Å². The van der Waals surface area contributed by atoms with E-state index in [1.165, 1.54) is 0 Å². The predicted octanol–water partition coefficient (Wildman–Crippen LogP) is 3.90. The molecule has 88 valence electrons. The van der Waals surface area contributed by atoms with Crippen LogP contribution in [0.1, 0.15) is 10.4 Å². The highest BCUT2D eigenvalue weighted by molar-refractivity contribution is 9.09. The van der Waals surface area contributed by atoms with Gasteiger partial charge in [-0.1, -0.05) is 41.2 Å². The summed E-state index contributed by atoms with van der Waals surface area (Å²) < 4.78 is 5.43. The summed E-state index contributed by atoms with van der Waals surface area (Å²) >= 11 is 3.13. The van der Waals surface area contributed by atoms with E-state index in [0.717, 1.165) is 0 Å². The zero-order chi connectivity index (χ0) is 12.7. The van der Waals surface area contributed by atoms with Crippen LogP contribution in [0.25, 0.3) is 0 Å². The molecule has 0 spiro atoms. The molecule has 0 N–H and O–H groups in total. The highest BCUT2D eigenvalue weighted by Crippen LogP contribution is 2.15. The molecule has 0 radical (unpaired) electrons. The van der Waals surface area contributed by atoms with Gasteiger partial charge < -0.3 is 4.74 Å². The fourth-order valence-electron chi connectivity index (χ4n) is 1.15. The van der Waals surface area contributed by atoms with Gasteiger partial charge in [-0.3, -0.25) is 4.79 Å². The van der Waals surface area contributed by atoms with Crippen molar-refractivity contribution < 1.29 is 9.53 Å². The summed E-state index contributed by atoms with van der Waals surface area (Å²) in [4.78, 5) is 11.4. The third kappa shape index (κ3) is 4.41. The van der Waals surface area contributed by atoms with Crippen LogP contribution in [-0.2, 0) is 0 Å². The van der Waals surface area contributed by atoms with Gasteiger partial charge in [0.2, 0.25) is 0 Å². The largest absolute Gasteiger partial charge is 0.458 e. The summed E-state index contributed by atoms with van der Waals surface area (Å²) in [7, 11) is 0. The SMILES string of the molecule is C=C/C=C\C(=C)Oc1ccc(C(=O)CBr)cc1. The number of carbonyl (C=O) groups is 1. The molecular formula is C14H13BrO2. The lowest BCUT2D eigenvalue weighted by Crippen LogP contribution is -1.99. The molecule has 0 saturated heterocycles. The van der Waals surface area contributed by atoms with E-state index >= 15 is 0 Å². The Kier molecular flexibility index (Phi) is 5.43. The average Bonchev–Trinajstić information content (AvgIpc) is 2.36. The zero-order valence-electron chi connectivity index (χ0n) is 9.36. The number of halogens is 1. The molecule has 0 aliphatic heterocycles. The third-order valence-electron chi connectivity index (χ3n) is 1.96. The maximum Gasteiger partial charge on any atom is 0.173 e. The molecule has 1 aromatic carbocycles. The van der Waals surface area contributed by atoms with E-state index in [0.29, 0.717) is 22.4 Å². The first-order valence-electron chi connectivity index (χ1n) is 5.02. The number of hydrogen-bond donors (Lipinski definition) is 0. The summed E-state index contributed by atoms with van der Waals surface area (Å²) in [6.45, 7) is 7.28. The van der Waals surface area contributed by atoms with E-state index in [9.17, 15) is 4.79 Å². The lowest BCUT2D eigenvalue weighted by atomic mass is 10.1. The number of benzene rings is 1. The van der Waals surface area contributed by atoms with Crippen molar-refractivity contribution >= 4 is 21.7 Å². The molecular weight excluding hydrogens is 280 g/mol. The quantitative estimate of drug-likeness (QED) is 0.344. The number of alkyl halides is 1. The molecule has 0 amide bonds. The second-order valence-electron chi connectivity index (χ2n) is 3.24. The normalized spacial score (nSPS) is 10.2. The van der Waals surface area contributed by atoms with Crippen LogP contribution in [0.5, 0.6) is 5.75 Å². The van der Waals surface area contributed by atoms with Crippen molar-refractivity contribution in [2.75, 3.05) is 5.33 Å². The standard InChI is InChI=1S/C14H13BrO2/c1-3-4-5-11(2)17-13-8-6-12(7-9-13)14(16)10-15/h3-9H,1-2,10H2/b5-4-. The first-order chi connectivity index (χ1) is 8.17. The van der Waals surface area contributed by atoms with Gasteiger partial charge in [0.05, 0.1) is 5.33 Å². The molecule has 0 saturated carbocycles. The predicted molar refractivity (Wildman–Crippen MR) is 73.7 cm³/mol. The molecule has 0 aliphatic rings. The van der Waals surface area contributed by atoms with Gasteiger partial charge in [0.15, 0.2) is 5.78 Å². The van der Waals surface area contributed by atoms with E-state index in [2.05, 4.69) is 29.1 Å². The second-order valence-corrected chi connectivity index (χ2v) is 3.81. The van der Waals surface area contributed by atoms with Crippen molar-refractivity contribution in [2.24, 2.45) is 0 Å². The monoisotopic (exact) mass is 292 g/mol. The van der Waals surface area contributed by atoms with E-state index in [1.807, 2.05) is 0 Å². The summed E-state index contributed by atoms with van der Waals surface area (Å²) in [5.41, 5.74) is 0.654. The first kappa shape index (κ1) is 13.5. The summed E-state index contributed by atoms with van der Waals surface area (Å²) in [6.07, 6.45) is 5.10. The molecule has 0 bridgehead atoms. The Morgan fingerprint density at radius 1 is 1.35 bits per heavy atom. The maximum atomic E-state index is 11.4. The van der Waals surface area contributed by atoms with Crippen LogP contribution >= 0.6 is 15.9 Å². The van der Waals surface area contributed by atoms with E-state index < -0.39 is 0 Å². The van der Waals surface area contributed by atoms with Crippen molar-refractivity contribution in [3.63, 3.8) is 0 Å². The van der Waals surface area contributed by atoms with Gasteiger partial charge in [-0.25, -0.2) is 0 Å². The fraction of sp³-hybridized carbons (Fsp3) is 0.0714. The Labute approximate surface area is 109 Å². The molecule has 3 heteroatoms. The molecule has 0 aliphatic carbocycles. The molecule has 0 fully saturated rings. The summed E-state index contributed by atoms with van der Waals surface area (Å²) in [5, 5.41) is 0.321. The number of carbonyl (C=O) groups excluding carboxylic acids is 1. The number of Topliss-reactive ketones (excluding diaryl/α,β-unsaturated/α-hetero) is 1. The number of hydrogen-bond acceptors (Lipinski definition) is 2. The van der Waals surface area contributed by atoms with Gasteiger partial charge in [0.1, 0.15) is 11.5 Å². The van der Waals surface area contributed by atoms with Crippen LogP contribution in [0.3, 0.4) is 0 Å². The fourth-order valence-corrected chi connectivity index (χ4v) is 1.47. The van der Waals surface area contributed by atoms with Crippen LogP contribution in [-0.4, -0.2) is 11.1 Å². The molecule has 0 heterocycles. The van der Waals surface area contributed by atoms with Crippen molar-refractivity contribution in [3.8, 4) is 5.75 Å². The minimum Gasteiger partial charge on any atom is -0.458 e. The number of ether oxygens (including phenoxy) is 1. The molecule has 0 aromatic heterocycles. The van der Waals surface area contributed by atoms with Crippen molar-refractivity contribution in [3.05, 3.63) is 67.0 Å². The highest BCUT2D eigenvalue weighted by Gasteiger charge is 2.03. The van der Waals surface area contributed by atoms with Gasteiger partial charge in [0.25, 0.3) is 0 Å². The van der Waals surface area contributed by atoms with Crippen LogP contribution < -0.4 is 4.74 Å². The number of ketones is 1. The van der Waals surface area contributed by atoms with Crippen LogP contribution in [0, 0.1) is 0 Å². The minimum atomic E-state index is 0.0435. The topological polar surface area (TPSA) is 26.3 Å². The van der Waals surface area contributed by atoms with Crippen LogP contribution in [0.2, 0.25) is 0 Å². The number of rotatable bonds is 6. The Hall–Kier alpha value is -1.61. The second kappa shape index (κ2) is 6.86. The van der Waals surface area contributed by atoms with Gasteiger partial charge >= 0.3 is 0 Å². The van der Waals surface area contributed by atoms with Crippen molar-refractivity contribution in [1.29, 1.82) is 0 Å². The van der Waals surface area contributed by atoms with Crippen LogP contribution in [0.15, 0.2) is 61.4 Å². The molecule has 2 nitrogen and oxygen atoms in total. The smallest absolute Gasteiger partial charge is 0.173 e. The third-order valence-corrected chi connectivity index (χ3v) is 2.47. The summed E-state index contributed by atoms with van der Waals surface area (Å²) in [6, 6.07) is 6.93. The molecule has 0 unspecified atom stereocenters. The zero-order valence-corrected chi connectivity index (χ0v) is 10.9.